The maximum Gasteiger partial charge on any atom is 0.325 e. The molecule has 2 saturated heterocycles. The minimum absolute atomic E-state index is 0.239. The summed E-state index contributed by atoms with van der Waals surface area (Å²) < 4.78 is 4.88. The maximum atomic E-state index is 11.9. The topological polar surface area (TPSA) is 58.8 Å². The molecule has 5 heteroatoms. The summed E-state index contributed by atoms with van der Waals surface area (Å²) in [6, 6.07) is 1.22. The SMILES string of the molecule is COC(=O)C1(N)CCC(N2CCC3C(CCCN3C)C2)C1. The molecule has 3 fully saturated rings. The monoisotopic (exact) mass is 295 g/mol. The molecule has 4 unspecified atom stereocenters. The summed E-state index contributed by atoms with van der Waals surface area (Å²) in [7, 11) is 3.71. The van der Waals surface area contributed by atoms with Crippen molar-refractivity contribution in [2.45, 2.75) is 56.1 Å². The first kappa shape index (κ1) is 15.3. The van der Waals surface area contributed by atoms with Crippen LogP contribution >= 0.6 is 0 Å². The number of piperidine rings is 2. The molecule has 120 valence electrons. The highest BCUT2D eigenvalue weighted by Crippen LogP contribution is 2.36. The van der Waals surface area contributed by atoms with E-state index in [1.165, 1.54) is 39.5 Å². The van der Waals surface area contributed by atoms with Crippen molar-refractivity contribution in [2.24, 2.45) is 11.7 Å². The second kappa shape index (κ2) is 5.86. The number of carbonyl (C=O) groups is 1. The van der Waals surface area contributed by atoms with Crippen LogP contribution in [0.15, 0.2) is 0 Å². The van der Waals surface area contributed by atoms with Crippen molar-refractivity contribution in [3.05, 3.63) is 0 Å². The number of nitrogens with zero attached hydrogens (tertiary/aromatic N) is 2. The van der Waals surface area contributed by atoms with Gasteiger partial charge < -0.3 is 15.4 Å². The lowest BCUT2D eigenvalue weighted by Crippen LogP contribution is -2.55. The van der Waals surface area contributed by atoms with Gasteiger partial charge in [0, 0.05) is 18.6 Å². The Morgan fingerprint density at radius 1 is 1.29 bits per heavy atom. The van der Waals surface area contributed by atoms with Crippen LogP contribution in [0.1, 0.15) is 38.5 Å². The number of likely N-dealkylation sites (tertiary alicyclic amines) is 2. The number of esters is 1. The van der Waals surface area contributed by atoms with Gasteiger partial charge in [-0.1, -0.05) is 0 Å². The average Bonchev–Trinajstić information content (AvgIpc) is 2.90. The summed E-state index contributed by atoms with van der Waals surface area (Å²) in [6.07, 6.45) is 6.47. The Hall–Kier alpha value is -0.650. The number of hydrogen-bond donors (Lipinski definition) is 1. The number of carbonyl (C=O) groups excluding carboxylic acids is 1. The Labute approximate surface area is 127 Å². The van der Waals surface area contributed by atoms with Crippen molar-refractivity contribution in [1.29, 1.82) is 0 Å². The van der Waals surface area contributed by atoms with Gasteiger partial charge in [-0.15, -0.1) is 0 Å². The van der Waals surface area contributed by atoms with Crippen LogP contribution in [0.4, 0.5) is 0 Å². The molecule has 21 heavy (non-hydrogen) atoms. The standard InChI is InChI=1S/C16H29N3O2/c1-18-8-3-4-12-11-19(9-6-14(12)18)13-5-7-16(17,10-13)15(20)21-2/h12-14H,3-11,17H2,1-2H3. The summed E-state index contributed by atoms with van der Waals surface area (Å²) in [5.74, 6) is 0.556. The Morgan fingerprint density at radius 3 is 2.86 bits per heavy atom. The van der Waals surface area contributed by atoms with E-state index >= 15 is 0 Å². The van der Waals surface area contributed by atoms with E-state index in [4.69, 9.17) is 10.5 Å². The molecule has 2 heterocycles. The van der Waals surface area contributed by atoms with Crippen molar-refractivity contribution in [3.8, 4) is 0 Å². The van der Waals surface area contributed by atoms with Gasteiger partial charge in [-0.25, -0.2) is 0 Å². The van der Waals surface area contributed by atoms with Gasteiger partial charge in [0.05, 0.1) is 7.11 Å². The zero-order valence-electron chi connectivity index (χ0n) is 13.4. The molecule has 3 rings (SSSR count). The molecule has 0 radical (unpaired) electrons. The number of methoxy groups -OCH3 is 1. The third-order valence-corrected chi connectivity index (χ3v) is 6.01. The van der Waals surface area contributed by atoms with E-state index in [0.29, 0.717) is 6.04 Å². The summed E-state index contributed by atoms with van der Waals surface area (Å²) in [5.41, 5.74) is 5.50. The van der Waals surface area contributed by atoms with Crippen LogP contribution in [-0.2, 0) is 9.53 Å². The predicted molar refractivity (Wildman–Crippen MR) is 81.9 cm³/mol. The van der Waals surface area contributed by atoms with Crippen molar-refractivity contribution < 1.29 is 9.53 Å². The fourth-order valence-electron chi connectivity index (χ4n) is 4.76. The van der Waals surface area contributed by atoms with E-state index in [2.05, 4.69) is 16.8 Å². The maximum absolute atomic E-state index is 11.9. The number of nitrogens with two attached hydrogens (primary N) is 1. The smallest absolute Gasteiger partial charge is 0.325 e. The second-order valence-corrected chi connectivity index (χ2v) is 7.28. The summed E-state index contributed by atoms with van der Waals surface area (Å²) in [6.45, 7) is 3.57. The molecule has 0 aromatic rings. The molecule has 0 aromatic heterocycles. The van der Waals surface area contributed by atoms with Gasteiger partial charge in [0.1, 0.15) is 5.54 Å². The van der Waals surface area contributed by atoms with E-state index in [0.717, 1.165) is 37.8 Å². The molecular weight excluding hydrogens is 266 g/mol. The largest absolute Gasteiger partial charge is 0.468 e. The Kier molecular flexibility index (Phi) is 4.26. The van der Waals surface area contributed by atoms with E-state index < -0.39 is 5.54 Å². The summed E-state index contributed by atoms with van der Waals surface area (Å²) >= 11 is 0. The molecule has 3 aliphatic rings. The fraction of sp³-hybridized carbons (Fsp3) is 0.938. The molecule has 0 spiro atoms. The van der Waals surface area contributed by atoms with E-state index in [-0.39, 0.29) is 5.97 Å². The van der Waals surface area contributed by atoms with Crippen LogP contribution in [0.25, 0.3) is 0 Å². The highest BCUT2D eigenvalue weighted by atomic mass is 16.5. The molecule has 4 atom stereocenters. The van der Waals surface area contributed by atoms with Crippen molar-refractivity contribution in [1.82, 2.24) is 9.80 Å². The van der Waals surface area contributed by atoms with Gasteiger partial charge in [-0.05, 0) is 64.6 Å². The normalized spacial score (nSPS) is 41.8. The van der Waals surface area contributed by atoms with Crippen LogP contribution in [0.5, 0.6) is 0 Å². The highest BCUT2D eigenvalue weighted by Gasteiger charge is 2.46. The minimum atomic E-state index is -0.750. The third-order valence-electron chi connectivity index (χ3n) is 6.01. The number of fused-ring (bicyclic) bond motifs is 1. The lowest BCUT2D eigenvalue weighted by atomic mass is 9.83. The van der Waals surface area contributed by atoms with E-state index in [9.17, 15) is 4.79 Å². The summed E-state index contributed by atoms with van der Waals surface area (Å²) in [4.78, 5) is 17.0. The van der Waals surface area contributed by atoms with Crippen molar-refractivity contribution in [3.63, 3.8) is 0 Å². The quantitative estimate of drug-likeness (QED) is 0.765. The highest BCUT2D eigenvalue weighted by molar-refractivity contribution is 5.81. The predicted octanol–water partition coefficient (Wildman–Crippen LogP) is 0.826. The molecular formula is C16H29N3O2. The lowest BCUT2D eigenvalue weighted by Gasteiger charge is -2.47. The number of rotatable bonds is 2. The first-order valence-corrected chi connectivity index (χ1v) is 8.35. The van der Waals surface area contributed by atoms with Crippen LogP contribution in [0.2, 0.25) is 0 Å². The number of hydrogen-bond acceptors (Lipinski definition) is 5. The zero-order valence-corrected chi connectivity index (χ0v) is 13.4. The van der Waals surface area contributed by atoms with E-state index in [1.807, 2.05) is 0 Å². The Bertz CT molecular complexity index is 403. The van der Waals surface area contributed by atoms with E-state index in [1.54, 1.807) is 0 Å². The third kappa shape index (κ3) is 2.83. The second-order valence-electron chi connectivity index (χ2n) is 7.28. The first-order valence-electron chi connectivity index (χ1n) is 8.35. The fourth-order valence-corrected chi connectivity index (χ4v) is 4.76. The van der Waals surface area contributed by atoms with Gasteiger partial charge in [-0.3, -0.25) is 9.69 Å². The molecule has 1 aliphatic carbocycles. The van der Waals surface area contributed by atoms with Crippen LogP contribution < -0.4 is 5.73 Å². The molecule has 5 nitrogen and oxygen atoms in total. The molecule has 2 aliphatic heterocycles. The lowest BCUT2D eigenvalue weighted by molar-refractivity contribution is -0.147. The first-order chi connectivity index (χ1) is 10.0. The van der Waals surface area contributed by atoms with Crippen LogP contribution in [0.3, 0.4) is 0 Å². The van der Waals surface area contributed by atoms with Gasteiger partial charge >= 0.3 is 5.97 Å². The van der Waals surface area contributed by atoms with Crippen LogP contribution in [0, 0.1) is 5.92 Å². The zero-order chi connectivity index (χ0) is 15.0. The van der Waals surface area contributed by atoms with Crippen LogP contribution in [-0.4, -0.2) is 67.2 Å². The minimum Gasteiger partial charge on any atom is -0.468 e. The van der Waals surface area contributed by atoms with Gasteiger partial charge in [0.15, 0.2) is 0 Å². The average molecular weight is 295 g/mol. The molecule has 0 amide bonds. The van der Waals surface area contributed by atoms with Gasteiger partial charge in [-0.2, -0.15) is 0 Å². The van der Waals surface area contributed by atoms with Gasteiger partial charge in [0.25, 0.3) is 0 Å². The summed E-state index contributed by atoms with van der Waals surface area (Å²) in [5, 5.41) is 0. The molecule has 2 N–H and O–H groups in total. The Balaban J connectivity index is 1.61. The van der Waals surface area contributed by atoms with Gasteiger partial charge in [0.2, 0.25) is 0 Å². The number of ether oxygens (including phenoxy) is 1. The van der Waals surface area contributed by atoms with Crippen molar-refractivity contribution in [2.75, 3.05) is 33.8 Å². The molecule has 1 saturated carbocycles. The van der Waals surface area contributed by atoms with Crippen molar-refractivity contribution >= 4 is 5.97 Å². The molecule has 0 aromatic carbocycles. The molecule has 0 bridgehead atoms. The Morgan fingerprint density at radius 2 is 2.10 bits per heavy atom.